The highest BCUT2D eigenvalue weighted by Gasteiger charge is 2.27. The maximum Gasteiger partial charge on any atom is 0.376 e. The fourth-order valence-electron chi connectivity index (χ4n) is 0.693. The number of ketones is 1. The number of rotatable bonds is 3. The predicted molar refractivity (Wildman–Crippen MR) is 36.1 cm³/mol. The van der Waals surface area contributed by atoms with Crippen LogP contribution in [0.5, 0.6) is 0 Å². The third-order valence-electron chi connectivity index (χ3n) is 1.49. The fraction of sp³-hybridized carbons (Fsp3) is 0.429. The quantitative estimate of drug-likeness (QED) is 0.354. The molecule has 0 bridgehead atoms. The summed E-state index contributed by atoms with van der Waals surface area (Å²) in [5.74, 6) is -2.66. The summed E-state index contributed by atoms with van der Waals surface area (Å²) >= 11 is 0. The Labute approximate surface area is 63.1 Å². The number of hydrogen-bond acceptors (Lipinski definition) is 3. The molecular formula is C7H8O4. The molecule has 1 fully saturated rings. The van der Waals surface area contributed by atoms with Gasteiger partial charge in [-0.1, -0.05) is 0 Å². The van der Waals surface area contributed by atoms with Gasteiger partial charge >= 0.3 is 5.97 Å². The molecule has 0 aliphatic heterocycles. The van der Waals surface area contributed by atoms with Crippen molar-refractivity contribution in [1.29, 1.82) is 0 Å². The smallest absolute Gasteiger partial charge is 0.376 e. The van der Waals surface area contributed by atoms with Crippen molar-refractivity contribution in [2.24, 2.45) is 5.92 Å². The van der Waals surface area contributed by atoms with E-state index in [1.54, 1.807) is 0 Å². The minimum absolute atomic E-state index is 0.0262. The van der Waals surface area contributed by atoms with Crippen molar-refractivity contribution in [3.05, 3.63) is 11.8 Å². The summed E-state index contributed by atoms with van der Waals surface area (Å²) in [6, 6.07) is 0. The summed E-state index contributed by atoms with van der Waals surface area (Å²) in [5, 5.41) is 17.1. The van der Waals surface area contributed by atoms with Crippen molar-refractivity contribution in [3.8, 4) is 0 Å². The van der Waals surface area contributed by atoms with Crippen molar-refractivity contribution >= 4 is 11.8 Å². The van der Waals surface area contributed by atoms with E-state index in [1.165, 1.54) is 0 Å². The molecule has 1 saturated carbocycles. The molecule has 2 N–H and O–H groups in total. The van der Waals surface area contributed by atoms with E-state index in [2.05, 4.69) is 0 Å². The van der Waals surface area contributed by atoms with Crippen LogP contribution in [-0.2, 0) is 9.59 Å². The second-order valence-corrected chi connectivity index (χ2v) is 2.51. The molecular weight excluding hydrogens is 148 g/mol. The molecule has 0 radical (unpaired) electrons. The molecule has 0 aromatic carbocycles. The number of aliphatic hydroxyl groups excluding tert-OH is 1. The Hall–Kier alpha value is -1.32. The fourth-order valence-corrected chi connectivity index (χ4v) is 0.693. The Morgan fingerprint density at radius 2 is 1.82 bits per heavy atom. The molecule has 0 aromatic rings. The van der Waals surface area contributed by atoms with Gasteiger partial charge in [0, 0.05) is 12.0 Å². The number of carboxylic acids is 1. The van der Waals surface area contributed by atoms with Gasteiger partial charge in [-0.05, 0) is 12.8 Å². The van der Waals surface area contributed by atoms with E-state index in [-0.39, 0.29) is 11.7 Å². The highest BCUT2D eigenvalue weighted by atomic mass is 16.4. The average molecular weight is 156 g/mol. The Morgan fingerprint density at radius 1 is 1.27 bits per heavy atom. The minimum Gasteiger partial charge on any atom is -0.512 e. The monoisotopic (exact) mass is 156 g/mol. The van der Waals surface area contributed by atoms with Crippen LogP contribution < -0.4 is 0 Å². The number of hydrogen-bond donors (Lipinski definition) is 2. The van der Waals surface area contributed by atoms with Crippen molar-refractivity contribution < 1.29 is 19.8 Å². The van der Waals surface area contributed by atoms with Gasteiger partial charge < -0.3 is 10.2 Å². The lowest BCUT2D eigenvalue weighted by Crippen LogP contribution is -2.10. The van der Waals surface area contributed by atoms with Gasteiger partial charge in [-0.2, -0.15) is 0 Å². The van der Waals surface area contributed by atoms with E-state index in [0.717, 1.165) is 18.9 Å². The van der Waals surface area contributed by atoms with Crippen LogP contribution in [0.15, 0.2) is 11.8 Å². The number of carbonyl (C=O) groups excluding carboxylic acids is 1. The number of aliphatic carboxylic acids is 1. The third-order valence-corrected chi connectivity index (χ3v) is 1.49. The first-order valence-electron chi connectivity index (χ1n) is 3.29. The van der Waals surface area contributed by atoms with Crippen molar-refractivity contribution in [2.75, 3.05) is 0 Å². The molecule has 1 aliphatic rings. The molecule has 0 amide bonds. The summed E-state index contributed by atoms with van der Waals surface area (Å²) < 4.78 is 0. The van der Waals surface area contributed by atoms with E-state index < -0.39 is 11.8 Å². The summed E-state index contributed by atoms with van der Waals surface area (Å²) in [5.41, 5.74) is 0. The summed E-state index contributed by atoms with van der Waals surface area (Å²) in [4.78, 5) is 20.4. The van der Waals surface area contributed by atoms with E-state index in [0.29, 0.717) is 0 Å². The topological polar surface area (TPSA) is 74.6 Å². The highest BCUT2D eigenvalue weighted by molar-refractivity contribution is 6.37. The Bertz CT molecular complexity index is 225. The standard InChI is InChI=1S/C7H8O4/c8-5(4-1-2-4)3-6(9)7(10)11/h3-4,8H,1-2H2,(H,10,11)/b5-3-. The van der Waals surface area contributed by atoms with Gasteiger partial charge in [0.05, 0.1) is 5.76 Å². The van der Waals surface area contributed by atoms with Crippen LogP contribution in [0.2, 0.25) is 0 Å². The summed E-state index contributed by atoms with van der Waals surface area (Å²) in [6.45, 7) is 0. The lowest BCUT2D eigenvalue weighted by molar-refractivity contribution is -0.146. The Kier molecular flexibility index (Phi) is 1.94. The highest BCUT2D eigenvalue weighted by Crippen LogP contribution is 2.34. The maximum atomic E-state index is 10.4. The molecule has 0 unspecified atom stereocenters. The molecule has 0 aromatic heterocycles. The Balaban J connectivity index is 2.55. The summed E-state index contributed by atoms with van der Waals surface area (Å²) in [7, 11) is 0. The zero-order valence-electron chi connectivity index (χ0n) is 5.78. The van der Waals surface area contributed by atoms with Gasteiger partial charge in [0.25, 0.3) is 5.78 Å². The summed E-state index contributed by atoms with van der Waals surface area (Å²) in [6.07, 6.45) is 2.46. The van der Waals surface area contributed by atoms with E-state index in [1.807, 2.05) is 0 Å². The average Bonchev–Trinajstić information content (AvgIpc) is 2.67. The second kappa shape index (κ2) is 2.74. The molecule has 1 rings (SSSR count). The van der Waals surface area contributed by atoms with Crippen molar-refractivity contribution in [2.45, 2.75) is 12.8 Å². The second-order valence-electron chi connectivity index (χ2n) is 2.51. The zero-order chi connectivity index (χ0) is 8.43. The van der Waals surface area contributed by atoms with Crippen LogP contribution in [0.1, 0.15) is 12.8 Å². The number of carboxylic acid groups (broad SMARTS) is 1. The van der Waals surface area contributed by atoms with Gasteiger partial charge in [-0.3, -0.25) is 4.79 Å². The molecule has 1 aliphatic carbocycles. The van der Waals surface area contributed by atoms with Crippen LogP contribution in [0.4, 0.5) is 0 Å². The molecule has 0 saturated heterocycles. The van der Waals surface area contributed by atoms with Gasteiger partial charge in [-0.25, -0.2) is 4.79 Å². The molecule has 0 spiro atoms. The van der Waals surface area contributed by atoms with Gasteiger partial charge in [0.15, 0.2) is 0 Å². The van der Waals surface area contributed by atoms with Gasteiger partial charge in [0.2, 0.25) is 0 Å². The predicted octanol–water partition coefficient (Wildman–Crippen LogP) is 0.492. The lowest BCUT2D eigenvalue weighted by Gasteiger charge is -1.91. The first-order chi connectivity index (χ1) is 5.11. The SMILES string of the molecule is O=C(O)C(=O)/C=C(\O)C1CC1. The molecule has 0 atom stereocenters. The largest absolute Gasteiger partial charge is 0.512 e. The van der Waals surface area contributed by atoms with Crippen LogP contribution in [0, 0.1) is 5.92 Å². The molecule has 60 valence electrons. The van der Waals surface area contributed by atoms with E-state index in [4.69, 9.17) is 10.2 Å². The van der Waals surface area contributed by atoms with Crippen LogP contribution >= 0.6 is 0 Å². The molecule has 4 nitrogen and oxygen atoms in total. The number of carbonyl (C=O) groups is 2. The van der Waals surface area contributed by atoms with Gasteiger partial charge in [-0.15, -0.1) is 0 Å². The molecule has 4 heteroatoms. The van der Waals surface area contributed by atoms with Crippen LogP contribution in [0.25, 0.3) is 0 Å². The normalized spacial score (nSPS) is 18.0. The van der Waals surface area contributed by atoms with Crippen LogP contribution in [-0.4, -0.2) is 22.0 Å². The van der Waals surface area contributed by atoms with Crippen molar-refractivity contribution in [1.82, 2.24) is 0 Å². The van der Waals surface area contributed by atoms with E-state index in [9.17, 15) is 9.59 Å². The first-order valence-corrected chi connectivity index (χ1v) is 3.29. The van der Waals surface area contributed by atoms with Gasteiger partial charge in [0.1, 0.15) is 0 Å². The number of aliphatic hydroxyl groups is 1. The first kappa shape index (κ1) is 7.78. The van der Waals surface area contributed by atoms with Crippen LogP contribution in [0.3, 0.4) is 0 Å². The maximum absolute atomic E-state index is 10.4. The lowest BCUT2D eigenvalue weighted by atomic mass is 10.2. The molecule has 0 heterocycles. The van der Waals surface area contributed by atoms with E-state index >= 15 is 0 Å². The zero-order valence-corrected chi connectivity index (χ0v) is 5.78. The molecule has 11 heavy (non-hydrogen) atoms. The van der Waals surface area contributed by atoms with Crippen molar-refractivity contribution in [3.63, 3.8) is 0 Å². The minimum atomic E-state index is -1.53. The Morgan fingerprint density at radius 3 is 2.18 bits per heavy atom. The number of allylic oxidation sites excluding steroid dienone is 1. The third kappa shape index (κ3) is 2.07.